The molecule has 0 aromatic heterocycles. The van der Waals surface area contributed by atoms with E-state index >= 15 is 0 Å². The number of hydrogen-bond acceptors (Lipinski definition) is 5. The van der Waals surface area contributed by atoms with Crippen LogP contribution in [-0.4, -0.2) is 42.1 Å². The van der Waals surface area contributed by atoms with Crippen LogP contribution in [0, 0.1) is 0 Å². The van der Waals surface area contributed by atoms with Gasteiger partial charge in [0.2, 0.25) is 0 Å². The number of amides is 5. The number of rotatable bonds is 5. The van der Waals surface area contributed by atoms with Crippen LogP contribution in [0.1, 0.15) is 45.0 Å². The van der Waals surface area contributed by atoms with Crippen molar-refractivity contribution in [3.8, 4) is 0 Å². The molecule has 5 amide bonds. The van der Waals surface area contributed by atoms with E-state index in [1.165, 1.54) is 12.1 Å². The zero-order valence-electron chi connectivity index (χ0n) is 16.1. The molecule has 0 radical (unpaired) electrons. The van der Waals surface area contributed by atoms with E-state index in [1.54, 1.807) is 46.8 Å². The first-order chi connectivity index (χ1) is 12.5. The van der Waals surface area contributed by atoms with Gasteiger partial charge in [-0.1, -0.05) is 12.1 Å². The number of anilines is 1. The molecule has 1 aromatic carbocycles. The van der Waals surface area contributed by atoms with E-state index in [1.807, 2.05) is 0 Å². The third-order valence-electron chi connectivity index (χ3n) is 2.89. The molecule has 0 aliphatic carbocycles. The summed E-state index contributed by atoms with van der Waals surface area (Å²) in [5, 5.41) is 9.81. The maximum atomic E-state index is 12.2. The summed E-state index contributed by atoms with van der Waals surface area (Å²) < 4.78 is 4.92. The lowest BCUT2D eigenvalue weighted by Crippen LogP contribution is -2.49. The third-order valence-corrected chi connectivity index (χ3v) is 2.89. The van der Waals surface area contributed by atoms with Crippen LogP contribution < -0.4 is 21.3 Å². The normalized spacial score (nSPS) is 10.7. The highest BCUT2D eigenvalue weighted by Gasteiger charge is 2.18. The molecular weight excluding hydrogens is 352 g/mol. The van der Waals surface area contributed by atoms with E-state index in [4.69, 9.17) is 4.74 Å². The average Bonchev–Trinajstić information content (AvgIpc) is 2.50. The number of benzene rings is 1. The first-order valence-electron chi connectivity index (χ1n) is 8.43. The molecule has 9 heteroatoms. The van der Waals surface area contributed by atoms with Crippen molar-refractivity contribution >= 4 is 29.6 Å². The lowest BCUT2D eigenvalue weighted by atomic mass is 10.1. The molecule has 1 rings (SSSR count). The van der Waals surface area contributed by atoms with Gasteiger partial charge in [0, 0.05) is 11.6 Å². The van der Waals surface area contributed by atoms with Gasteiger partial charge >= 0.3 is 18.0 Å². The maximum Gasteiger partial charge on any atom is 0.340 e. The second kappa shape index (κ2) is 9.56. The van der Waals surface area contributed by atoms with Gasteiger partial charge in [-0.3, -0.25) is 10.1 Å². The smallest absolute Gasteiger partial charge is 0.340 e. The minimum absolute atomic E-state index is 0.0768. The van der Waals surface area contributed by atoms with Crippen LogP contribution in [0.5, 0.6) is 0 Å². The van der Waals surface area contributed by atoms with Crippen LogP contribution >= 0.6 is 0 Å². The van der Waals surface area contributed by atoms with E-state index in [9.17, 15) is 19.2 Å². The van der Waals surface area contributed by atoms with E-state index in [0.717, 1.165) is 0 Å². The summed E-state index contributed by atoms with van der Waals surface area (Å²) in [6.45, 7) is 8.24. The summed E-state index contributed by atoms with van der Waals surface area (Å²) in [4.78, 5) is 47.4. The molecule has 0 unspecified atom stereocenters. The van der Waals surface area contributed by atoms with Gasteiger partial charge in [-0.15, -0.1) is 0 Å². The number of esters is 1. The zero-order chi connectivity index (χ0) is 20.6. The minimum atomic E-state index is -0.804. The van der Waals surface area contributed by atoms with Crippen molar-refractivity contribution in [1.29, 1.82) is 0 Å². The van der Waals surface area contributed by atoms with Gasteiger partial charge in [-0.05, 0) is 46.8 Å². The number of ether oxygens (including phenoxy) is 1. The molecule has 0 aliphatic heterocycles. The fourth-order valence-corrected chi connectivity index (χ4v) is 1.93. The molecule has 148 valence electrons. The molecule has 0 spiro atoms. The number of carbonyl (C=O) groups excluding carboxylic acids is 4. The molecule has 0 fully saturated rings. The highest BCUT2D eigenvalue weighted by atomic mass is 16.5. The largest absolute Gasteiger partial charge is 0.452 e. The van der Waals surface area contributed by atoms with E-state index in [2.05, 4.69) is 21.3 Å². The lowest BCUT2D eigenvalue weighted by molar-refractivity contribution is -0.123. The van der Waals surface area contributed by atoms with Gasteiger partial charge < -0.3 is 20.7 Å². The third kappa shape index (κ3) is 8.70. The number of urea groups is 2. The van der Waals surface area contributed by atoms with Gasteiger partial charge in [-0.25, -0.2) is 14.4 Å². The predicted octanol–water partition coefficient (Wildman–Crippen LogP) is 2.00. The summed E-state index contributed by atoms with van der Waals surface area (Å²) in [5.74, 6) is -1.57. The van der Waals surface area contributed by atoms with Crippen molar-refractivity contribution < 1.29 is 23.9 Å². The highest BCUT2D eigenvalue weighted by Crippen LogP contribution is 2.16. The summed E-state index contributed by atoms with van der Waals surface area (Å²) in [7, 11) is 0. The molecule has 0 atom stereocenters. The number of nitrogens with one attached hydrogen (secondary N) is 4. The van der Waals surface area contributed by atoms with Crippen LogP contribution in [-0.2, 0) is 9.53 Å². The summed E-state index contributed by atoms with van der Waals surface area (Å²) in [5.41, 5.74) is -0.183. The van der Waals surface area contributed by atoms with Crippen LogP contribution in [0.2, 0.25) is 0 Å². The van der Waals surface area contributed by atoms with Crippen LogP contribution in [0.4, 0.5) is 15.3 Å². The Morgan fingerprint density at radius 1 is 1.04 bits per heavy atom. The van der Waals surface area contributed by atoms with Gasteiger partial charge in [0.15, 0.2) is 6.61 Å². The van der Waals surface area contributed by atoms with E-state index < -0.39 is 36.1 Å². The lowest BCUT2D eigenvalue weighted by Gasteiger charge is -2.20. The molecule has 0 heterocycles. The molecule has 0 saturated heterocycles. The number of carbonyl (C=O) groups is 4. The van der Waals surface area contributed by atoms with Crippen LogP contribution in [0.3, 0.4) is 0 Å². The topological polar surface area (TPSA) is 126 Å². The van der Waals surface area contributed by atoms with Crippen molar-refractivity contribution in [1.82, 2.24) is 16.0 Å². The second-order valence-electron chi connectivity index (χ2n) is 7.13. The maximum absolute atomic E-state index is 12.2. The van der Waals surface area contributed by atoms with E-state index in [0.29, 0.717) is 0 Å². The van der Waals surface area contributed by atoms with Gasteiger partial charge in [-0.2, -0.15) is 0 Å². The molecule has 4 N–H and O–H groups in total. The summed E-state index contributed by atoms with van der Waals surface area (Å²) >= 11 is 0. The summed E-state index contributed by atoms with van der Waals surface area (Å²) in [6, 6.07) is 5.00. The molecule has 9 nitrogen and oxygen atoms in total. The highest BCUT2D eigenvalue weighted by molar-refractivity contribution is 6.02. The Balaban J connectivity index is 2.63. The monoisotopic (exact) mass is 378 g/mol. The molecule has 27 heavy (non-hydrogen) atoms. The van der Waals surface area contributed by atoms with Gasteiger partial charge in [0.05, 0.1) is 11.3 Å². The number of hydrogen-bond donors (Lipinski definition) is 4. The van der Waals surface area contributed by atoms with Crippen molar-refractivity contribution in [2.75, 3.05) is 11.9 Å². The predicted molar refractivity (Wildman–Crippen MR) is 100 cm³/mol. The fraction of sp³-hybridized carbons (Fsp3) is 0.444. The van der Waals surface area contributed by atoms with Crippen molar-refractivity contribution in [3.63, 3.8) is 0 Å². The van der Waals surface area contributed by atoms with Crippen LogP contribution in [0.15, 0.2) is 24.3 Å². The Kier molecular flexibility index (Phi) is 7.77. The molecule has 0 aliphatic rings. The Labute approximate surface area is 158 Å². The molecule has 0 bridgehead atoms. The summed E-state index contributed by atoms with van der Waals surface area (Å²) in [6.07, 6.45) is 0. The standard InChI is InChI=1S/C18H26N4O5/c1-11(2)19-16(25)20-13-9-7-6-8-12(13)15(24)27-10-14(23)21-17(26)22-18(3,4)5/h6-9,11H,10H2,1-5H3,(H2,19,20,25)(H2,21,22,23,26). The first-order valence-corrected chi connectivity index (χ1v) is 8.43. The quantitative estimate of drug-likeness (QED) is 0.583. The Morgan fingerprint density at radius 3 is 2.26 bits per heavy atom. The number of imide groups is 1. The molecule has 0 saturated carbocycles. The minimum Gasteiger partial charge on any atom is -0.452 e. The van der Waals surface area contributed by atoms with Crippen molar-refractivity contribution in [2.45, 2.75) is 46.2 Å². The number of para-hydroxylation sites is 1. The Bertz CT molecular complexity index is 710. The Morgan fingerprint density at radius 2 is 1.67 bits per heavy atom. The Hall–Kier alpha value is -3.10. The van der Waals surface area contributed by atoms with Crippen LogP contribution in [0.25, 0.3) is 0 Å². The zero-order valence-corrected chi connectivity index (χ0v) is 16.1. The fourth-order valence-electron chi connectivity index (χ4n) is 1.93. The molecule has 1 aromatic rings. The molecular formula is C18H26N4O5. The second-order valence-corrected chi connectivity index (χ2v) is 7.13. The van der Waals surface area contributed by atoms with Crippen molar-refractivity contribution in [3.05, 3.63) is 29.8 Å². The first kappa shape index (κ1) is 21.9. The van der Waals surface area contributed by atoms with E-state index in [-0.39, 0.29) is 17.3 Å². The van der Waals surface area contributed by atoms with Gasteiger partial charge in [0.25, 0.3) is 5.91 Å². The van der Waals surface area contributed by atoms with Gasteiger partial charge in [0.1, 0.15) is 0 Å². The van der Waals surface area contributed by atoms with Crippen molar-refractivity contribution in [2.24, 2.45) is 0 Å². The average molecular weight is 378 g/mol. The SMILES string of the molecule is CC(C)NC(=O)Nc1ccccc1C(=O)OCC(=O)NC(=O)NC(C)(C)C.